The molecule has 1 aromatic heterocycles. The van der Waals surface area contributed by atoms with E-state index in [9.17, 15) is 9.90 Å². The number of nitrogens with zero attached hydrogens (tertiary/aromatic N) is 1. The molecule has 108 valence electrons. The number of hydrogen-bond donors (Lipinski definition) is 2. The number of thiophene rings is 1. The van der Waals surface area contributed by atoms with Crippen LogP contribution < -0.4 is 24.2 Å². The third-order valence-corrected chi connectivity index (χ3v) is 5.29. The van der Waals surface area contributed by atoms with Crippen LogP contribution in [-0.4, -0.2) is 42.7 Å². The molecule has 0 bridgehead atoms. The second-order valence-electron chi connectivity index (χ2n) is 5.11. The Kier molecular flexibility index (Phi) is 6.90. The number of piperidine rings is 1. The van der Waals surface area contributed by atoms with Gasteiger partial charge in [-0.15, -0.1) is 11.3 Å². The van der Waals surface area contributed by atoms with Crippen molar-refractivity contribution in [3.63, 3.8) is 0 Å². The molecule has 20 heavy (non-hydrogen) atoms. The van der Waals surface area contributed by atoms with Crippen LogP contribution in [-0.2, 0) is 0 Å². The topological polar surface area (TPSA) is 52.6 Å². The molecule has 1 aliphatic heterocycles. The van der Waals surface area contributed by atoms with Crippen LogP contribution in [0.2, 0.25) is 5.02 Å². The van der Waals surface area contributed by atoms with Gasteiger partial charge >= 0.3 is 24.8 Å². The van der Waals surface area contributed by atoms with Crippen LogP contribution in [0.4, 0.5) is 5.69 Å². The summed E-state index contributed by atoms with van der Waals surface area (Å²) >= 11 is 7.41. The van der Waals surface area contributed by atoms with Gasteiger partial charge in [0, 0.05) is 11.4 Å². The quantitative estimate of drug-likeness (QED) is 0.784. The average molecular weight is 311 g/mol. The van der Waals surface area contributed by atoms with Gasteiger partial charge in [-0.05, 0) is 45.8 Å². The predicted octanol–water partition coefficient (Wildman–Crippen LogP) is 0.278. The summed E-state index contributed by atoms with van der Waals surface area (Å²) in [5, 5.41) is 13.0. The van der Waals surface area contributed by atoms with E-state index < -0.39 is 5.97 Å². The number of aryl methyl sites for hydroxylation is 1. The molecule has 1 fully saturated rings. The summed E-state index contributed by atoms with van der Waals surface area (Å²) in [6.07, 6.45) is 2.29. The molecule has 0 atom stereocenters. The SMILES string of the molecule is Cc1sc(C(=O)O)c(NCC2CCN(C)CC2)c1Cl.[H-].[Li+]. The third-order valence-electron chi connectivity index (χ3n) is 3.61. The molecule has 2 rings (SSSR count). The minimum Gasteiger partial charge on any atom is -1.00 e. The van der Waals surface area contributed by atoms with E-state index in [0.717, 1.165) is 37.4 Å². The molecule has 4 nitrogen and oxygen atoms in total. The molecular formula is C13H20ClLiN2O2S. The van der Waals surface area contributed by atoms with Crippen molar-refractivity contribution in [2.45, 2.75) is 19.8 Å². The van der Waals surface area contributed by atoms with Crippen molar-refractivity contribution in [2.75, 3.05) is 32.0 Å². The number of hydrogen-bond acceptors (Lipinski definition) is 4. The normalized spacial score (nSPS) is 16.8. The van der Waals surface area contributed by atoms with Gasteiger partial charge in [0.25, 0.3) is 0 Å². The molecule has 0 spiro atoms. The summed E-state index contributed by atoms with van der Waals surface area (Å²) in [4.78, 5) is 14.7. The van der Waals surface area contributed by atoms with E-state index in [1.54, 1.807) is 0 Å². The first-order valence-corrected chi connectivity index (χ1v) is 7.63. The fraction of sp³-hybridized carbons (Fsp3) is 0.615. The molecule has 7 heteroatoms. The Bertz CT molecular complexity index is 479. The van der Waals surface area contributed by atoms with Crippen molar-refractivity contribution in [1.29, 1.82) is 0 Å². The molecule has 1 saturated heterocycles. The summed E-state index contributed by atoms with van der Waals surface area (Å²) in [6.45, 7) is 4.85. The zero-order valence-electron chi connectivity index (χ0n) is 13.2. The fourth-order valence-electron chi connectivity index (χ4n) is 2.35. The van der Waals surface area contributed by atoms with Gasteiger partial charge < -0.3 is 16.7 Å². The second-order valence-corrected chi connectivity index (χ2v) is 6.71. The van der Waals surface area contributed by atoms with Crippen LogP contribution in [0.5, 0.6) is 0 Å². The number of carboxylic acid groups (broad SMARTS) is 1. The number of aromatic carboxylic acids is 1. The maximum Gasteiger partial charge on any atom is 1.00 e. The van der Waals surface area contributed by atoms with Crippen molar-refractivity contribution < 1.29 is 30.2 Å². The molecule has 0 amide bonds. The molecule has 0 radical (unpaired) electrons. The van der Waals surface area contributed by atoms with E-state index in [1.807, 2.05) is 6.92 Å². The van der Waals surface area contributed by atoms with Crippen LogP contribution in [0.15, 0.2) is 0 Å². The number of nitrogens with one attached hydrogen (secondary N) is 1. The Balaban J connectivity index is 0.00000200. The van der Waals surface area contributed by atoms with E-state index in [2.05, 4.69) is 17.3 Å². The van der Waals surface area contributed by atoms with Crippen molar-refractivity contribution in [1.82, 2.24) is 4.90 Å². The maximum atomic E-state index is 11.2. The van der Waals surface area contributed by atoms with Crippen molar-refractivity contribution in [2.24, 2.45) is 5.92 Å². The van der Waals surface area contributed by atoms with Crippen molar-refractivity contribution in [3.8, 4) is 0 Å². The van der Waals surface area contributed by atoms with Gasteiger partial charge in [0.05, 0.1) is 10.7 Å². The summed E-state index contributed by atoms with van der Waals surface area (Å²) in [6, 6.07) is 0. The summed E-state index contributed by atoms with van der Waals surface area (Å²) in [7, 11) is 2.13. The third kappa shape index (κ3) is 4.16. The van der Waals surface area contributed by atoms with Gasteiger partial charge in [-0.2, -0.15) is 0 Å². The van der Waals surface area contributed by atoms with E-state index in [0.29, 0.717) is 21.5 Å². The van der Waals surface area contributed by atoms with E-state index in [4.69, 9.17) is 11.6 Å². The Morgan fingerprint density at radius 1 is 1.55 bits per heavy atom. The number of anilines is 1. The van der Waals surface area contributed by atoms with Gasteiger partial charge in [0.1, 0.15) is 4.88 Å². The second kappa shape index (κ2) is 7.72. The van der Waals surface area contributed by atoms with Crippen LogP contribution in [0.3, 0.4) is 0 Å². The average Bonchev–Trinajstić information content (AvgIpc) is 2.66. The first-order valence-electron chi connectivity index (χ1n) is 6.43. The van der Waals surface area contributed by atoms with Gasteiger partial charge in [-0.1, -0.05) is 11.6 Å². The standard InChI is InChI=1S/C13H19ClN2O2S.Li.H/c1-8-10(14)11(12(19-8)13(17)18)15-7-9-3-5-16(2)6-4-9;;/h9,15H,3-7H2,1-2H3,(H,17,18);;/q;+1;-1. The van der Waals surface area contributed by atoms with Gasteiger partial charge in [-0.25, -0.2) is 4.79 Å². The monoisotopic (exact) mass is 310 g/mol. The van der Waals surface area contributed by atoms with Crippen LogP contribution in [0.1, 0.15) is 28.8 Å². The Morgan fingerprint density at radius 3 is 2.70 bits per heavy atom. The summed E-state index contributed by atoms with van der Waals surface area (Å²) < 4.78 is 0. The van der Waals surface area contributed by atoms with Crippen LogP contribution in [0, 0.1) is 12.8 Å². The zero-order valence-corrected chi connectivity index (χ0v) is 13.8. The van der Waals surface area contributed by atoms with E-state index >= 15 is 0 Å². The molecule has 2 heterocycles. The largest absolute Gasteiger partial charge is 1.00 e. The minimum atomic E-state index is -0.911. The van der Waals surface area contributed by atoms with Crippen molar-refractivity contribution >= 4 is 34.6 Å². The smallest absolute Gasteiger partial charge is 1.00 e. The number of carbonyl (C=O) groups is 1. The number of carboxylic acids is 1. The van der Waals surface area contributed by atoms with Gasteiger partial charge in [-0.3, -0.25) is 0 Å². The predicted molar refractivity (Wildman–Crippen MR) is 80.8 cm³/mol. The minimum absolute atomic E-state index is 0. The molecule has 1 aliphatic rings. The number of halogens is 1. The number of likely N-dealkylation sites (tertiary alicyclic amines) is 1. The first kappa shape index (κ1) is 17.9. The molecule has 0 aromatic carbocycles. The Labute approximate surface area is 142 Å². The van der Waals surface area contributed by atoms with Crippen LogP contribution in [0.25, 0.3) is 0 Å². The number of rotatable bonds is 4. The Hall–Kier alpha value is -0.183. The first-order chi connectivity index (χ1) is 8.99. The van der Waals surface area contributed by atoms with Gasteiger partial charge in [0.2, 0.25) is 0 Å². The zero-order chi connectivity index (χ0) is 14.0. The fourth-order valence-corrected chi connectivity index (χ4v) is 3.54. The van der Waals surface area contributed by atoms with Gasteiger partial charge in [0.15, 0.2) is 0 Å². The summed E-state index contributed by atoms with van der Waals surface area (Å²) in [5.74, 6) is -0.319. The Morgan fingerprint density at radius 2 is 2.15 bits per heavy atom. The van der Waals surface area contributed by atoms with E-state index in [-0.39, 0.29) is 20.3 Å². The van der Waals surface area contributed by atoms with Crippen LogP contribution >= 0.6 is 22.9 Å². The molecule has 0 saturated carbocycles. The van der Waals surface area contributed by atoms with E-state index in [1.165, 1.54) is 11.3 Å². The summed E-state index contributed by atoms with van der Waals surface area (Å²) in [5.41, 5.74) is 0.593. The molecular weight excluding hydrogens is 291 g/mol. The van der Waals surface area contributed by atoms with Crippen molar-refractivity contribution in [3.05, 3.63) is 14.8 Å². The molecule has 1 aromatic rings. The molecule has 0 aliphatic carbocycles. The maximum absolute atomic E-state index is 11.2. The molecule has 2 N–H and O–H groups in total. The molecule has 0 unspecified atom stereocenters.